The van der Waals surface area contributed by atoms with Crippen molar-refractivity contribution in [3.8, 4) is 0 Å². The van der Waals surface area contributed by atoms with Gasteiger partial charge in [-0.15, -0.1) is 0 Å². The van der Waals surface area contributed by atoms with Crippen LogP contribution in [0.5, 0.6) is 0 Å². The topological polar surface area (TPSA) is 90.8 Å². The van der Waals surface area contributed by atoms with Gasteiger partial charge in [-0.25, -0.2) is 9.29 Å². The Bertz CT molecular complexity index is 568. The summed E-state index contributed by atoms with van der Waals surface area (Å²) in [6, 6.07) is 5.04. The lowest BCUT2D eigenvalue weighted by molar-refractivity contribution is -0.142. The molecule has 1 N–H and O–H groups in total. The largest absolute Gasteiger partial charge is 0.481 e. The molecule has 1 aromatic heterocycles. The van der Waals surface area contributed by atoms with Crippen LogP contribution in [-0.2, 0) is 15.0 Å². The van der Waals surface area contributed by atoms with Crippen molar-refractivity contribution in [1.82, 2.24) is 9.29 Å². The molecule has 0 spiro atoms. The van der Waals surface area contributed by atoms with Gasteiger partial charge in [-0.05, 0) is 25.0 Å². The third-order valence-corrected chi connectivity index (χ3v) is 5.34. The Morgan fingerprint density at radius 2 is 2.05 bits per heavy atom. The van der Waals surface area contributed by atoms with Crippen molar-refractivity contribution in [2.45, 2.75) is 12.8 Å². The van der Waals surface area contributed by atoms with Gasteiger partial charge >= 0.3 is 16.2 Å². The highest BCUT2D eigenvalue weighted by molar-refractivity contribution is 7.90. The predicted octanol–water partition coefficient (Wildman–Crippen LogP) is 0.559. The molecule has 1 fully saturated rings. The van der Waals surface area contributed by atoms with Crippen LogP contribution in [0.25, 0.3) is 0 Å². The predicted molar refractivity (Wildman–Crippen MR) is 73.5 cm³/mol. The van der Waals surface area contributed by atoms with E-state index in [-0.39, 0.29) is 13.1 Å². The zero-order valence-corrected chi connectivity index (χ0v) is 12.0. The molecule has 1 aliphatic rings. The van der Waals surface area contributed by atoms with E-state index in [2.05, 4.69) is 4.98 Å². The van der Waals surface area contributed by atoms with Gasteiger partial charge in [-0.3, -0.25) is 4.79 Å². The fourth-order valence-corrected chi connectivity index (χ4v) is 3.53. The third kappa shape index (κ3) is 2.91. The lowest BCUT2D eigenvalue weighted by Crippen LogP contribution is -2.46. The summed E-state index contributed by atoms with van der Waals surface area (Å²) in [6.45, 7) is 0.437. The van der Waals surface area contributed by atoms with Gasteiger partial charge in [0.2, 0.25) is 0 Å². The van der Waals surface area contributed by atoms with E-state index in [1.54, 1.807) is 18.2 Å². The molecule has 0 aromatic carbocycles. The van der Waals surface area contributed by atoms with E-state index >= 15 is 0 Å². The molecule has 1 saturated heterocycles. The van der Waals surface area contributed by atoms with Gasteiger partial charge in [-0.1, -0.05) is 6.07 Å². The molecule has 0 atom stereocenters. The van der Waals surface area contributed by atoms with Crippen molar-refractivity contribution in [2.75, 3.05) is 24.4 Å². The van der Waals surface area contributed by atoms with Crippen LogP contribution in [0, 0.1) is 5.92 Å². The Kier molecular flexibility index (Phi) is 4.24. The average molecular weight is 299 g/mol. The number of hydrogen-bond acceptors (Lipinski definition) is 4. The molecule has 2 heterocycles. The van der Waals surface area contributed by atoms with Gasteiger partial charge < -0.3 is 5.11 Å². The van der Waals surface area contributed by atoms with Crippen LogP contribution in [-0.4, -0.2) is 48.9 Å². The lowest BCUT2D eigenvalue weighted by Gasteiger charge is -2.32. The molecule has 0 unspecified atom stereocenters. The maximum absolute atomic E-state index is 12.4. The zero-order chi connectivity index (χ0) is 14.8. The van der Waals surface area contributed by atoms with Crippen LogP contribution in [0.2, 0.25) is 0 Å². The maximum Gasteiger partial charge on any atom is 0.306 e. The first-order valence-corrected chi connectivity index (χ1v) is 7.70. The van der Waals surface area contributed by atoms with Gasteiger partial charge in [-0.2, -0.15) is 12.7 Å². The fraction of sp³-hybridized carbons (Fsp3) is 0.500. The summed E-state index contributed by atoms with van der Waals surface area (Å²) in [4.78, 5) is 14.9. The molecule has 0 radical (unpaired) electrons. The normalized spacial score (nSPS) is 17.9. The van der Waals surface area contributed by atoms with E-state index < -0.39 is 22.1 Å². The molecule has 20 heavy (non-hydrogen) atoms. The van der Waals surface area contributed by atoms with E-state index in [1.165, 1.54) is 17.5 Å². The minimum Gasteiger partial charge on any atom is -0.481 e. The van der Waals surface area contributed by atoms with Crippen LogP contribution in [0.1, 0.15) is 12.8 Å². The molecule has 0 aliphatic carbocycles. The molecule has 0 bridgehead atoms. The molecule has 0 saturated carbocycles. The third-order valence-electron chi connectivity index (χ3n) is 3.45. The fourth-order valence-electron chi connectivity index (χ4n) is 2.16. The molecule has 1 aromatic rings. The van der Waals surface area contributed by atoms with Crippen molar-refractivity contribution in [2.24, 2.45) is 5.92 Å². The first kappa shape index (κ1) is 14.7. The van der Waals surface area contributed by atoms with Crippen LogP contribution >= 0.6 is 0 Å². The van der Waals surface area contributed by atoms with Crippen LogP contribution < -0.4 is 4.31 Å². The quantitative estimate of drug-likeness (QED) is 0.877. The Morgan fingerprint density at radius 1 is 1.40 bits per heavy atom. The summed E-state index contributed by atoms with van der Waals surface area (Å²) in [5.74, 6) is -0.977. The SMILES string of the molecule is CN(c1ccccn1)S(=O)(=O)N1CCC(C(=O)O)CC1. The summed E-state index contributed by atoms with van der Waals surface area (Å²) < 4.78 is 27.3. The first-order chi connectivity index (χ1) is 9.43. The molecule has 2 rings (SSSR count). The minimum atomic E-state index is -3.65. The summed E-state index contributed by atoms with van der Waals surface area (Å²) >= 11 is 0. The van der Waals surface area contributed by atoms with Gasteiger partial charge in [0.25, 0.3) is 0 Å². The summed E-state index contributed by atoms with van der Waals surface area (Å²) in [6.07, 6.45) is 2.20. The molecular weight excluding hydrogens is 282 g/mol. The first-order valence-electron chi connectivity index (χ1n) is 6.31. The molecule has 8 heteroatoms. The molecule has 1 aliphatic heterocycles. The van der Waals surface area contributed by atoms with Crippen LogP contribution in [0.15, 0.2) is 24.4 Å². The van der Waals surface area contributed by atoms with Gasteiger partial charge in [0.1, 0.15) is 5.82 Å². The van der Waals surface area contributed by atoms with Crippen molar-refractivity contribution in [1.29, 1.82) is 0 Å². The number of hydrogen-bond donors (Lipinski definition) is 1. The number of carboxylic acids is 1. The number of carboxylic acid groups (broad SMARTS) is 1. The van der Waals surface area contributed by atoms with Crippen LogP contribution in [0.4, 0.5) is 5.82 Å². The second kappa shape index (κ2) is 5.76. The molecular formula is C12H17N3O4S. The van der Waals surface area contributed by atoms with Gasteiger partial charge in [0, 0.05) is 26.3 Å². The Labute approximate surface area is 118 Å². The lowest BCUT2D eigenvalue weighted by atomic mass is 9.99. The molecule has 0 amide bonds. The summed E-state index contributed by atoms with van der Waals surface area (Å²) in [7, 11) is -2.21. The number of pyridine rings is 1. The minimum absolute atomic E-state index is 0.219. The van der Waals surface area contributed by atoms with E-state index in [0.717, 1.165) is 4.31 Å². The molecule has 7 nitrogen and oxygen atoms in total. The number of anilines is 1. The number of rotatable bonds is 4. The Morgan fingerprint density at radius 3 is 2.55 bits per heavy atom. The second-order valence-corrected chi connectivity index (χ2v) is 6.63. The van der Waals surface area contributed by atoms with Gasteiger partial charge in [0.15, 0.2) is 0 Å². The van der Waals surface area contributed by atoms with Crippen molar-refractivity contribution in [3.05, 3.63) is 24.4 Å². The standard InChI is InChI=1S/C12H17N3O4S/c1-14(11-4-2-3-7-13-11)20(18,19)15-8-5-10(6-9-15)12(16)17/h2-4,7,10H,5-6,8-9H2,1H3,(H,16,17). The highest BCUT2D eigenvalue weighted by Crippen LogP contribution is 2.23. The van der Waals surface area contributed by atoms with Gasteiger partial charge in [0.05, 0.1) is 5.92 Å². The number of aromatic nitrogens is 1. The number of piperidine rings is 1. The van der Waals surface area contributed by atoms with Crippen LogP contribution in [0.3, 0.4) is 0 Å². The smallest absolute Gasteiger partial charge is 0.306 e. The maximum atomic E-state index is 12.4. The van der Waals surface area contributed by atoms with Crippen molar-refractivity contribution in [3.63, 3.8) is 0 Å². The summed E-state index contributed by atoms with van der Waals surface area (Å²) in [5, 5.41) is 8.93. The number of carbonyl (C=O) groups is 1. The Balaban J connectivity index is 2.10. The van der Waals surface area contributed by atoms with E-state index in [1.807, 2.05) is 0 Å². The molecule has 110 valence electrons. The van der Waals surface area contributed by atoms with E-state index in [4.69, 9.17) is 5.11 Å². The summed E-state index contributed by atoms with van der Waals surface area (Å²) in [5.41, 5.74) is 0. The van der Waals surface area contributed by atoms with E-state index in [0.29, 0.717) is 18.7 Å². The monoisotopic (exact) mass is 299 g/mol. The zero-order valence-electron chi connectivity index (χ0n) is 11.1. The number of aliphatic carboxylic acids is 1. The Hall–Kier alpha value is -1.67. The van der Waals surface area contributed by atoms with Crippen molar-refractivity contribution < 1.29 is 18.3 Å². The highest BCUT2D eigenvalue weighted by Gasteiger charge is 2.33. The second-order valence-electron chi connectivity index (χ2n) is 4.67. The van der Waals surface area contributed by atoms with Crippen molar-refractivity contribution >= 4 is 22.0 Å². The average Bonchev–Trinajstić information content (AvgIpc) is 2.47. The highest BCUT2D eigenvalue weighted by atomic mass is 32.2. The number of nitrogens with zero attached hydrogens (tertiary/aromatic N) is 3. The van der Waals surface area contributed by atoms with E-state index in [9.17, 15) is 13.2 Å².